The first kappa shape index (κ1) is 35.7. The average molecular weight is 723 g/mol. The van der Waals surface area contributed by atoms with Gasteiger partial charge in [0.15, 0.2) is 5.76 Å². The van der Waals surface area contributed by atoms with Crippen LogP contribution in [0.1, 0.15) is 53.2 Å². The number of benzene rings is 2. The highest BCUT2D eigenvalue weighted by atomic mass is 19.1. The number of pyridine rings is 1. The highest BCUT2D eigenvalue weighted by molar-refractivity contribution is 6.09. The minimum atomic E-state index is -0.912. The molecular weight excluding hydrogens is 682 g/mol. The smallest absolute Gasteiger partial charge is 0.291 e. The third-order valence-electron chi connectivity index (χ3n) is 10.3. The van der Waals surface area contributed by atoms with Gasteiger partial charge >= 0.3 is 0 Å². The van der Waals surface area contributed by atoms with E-state index in [1.54, 1.807) is 47.6 Å². The van der Waals surface area contributed by atoms with Crippen LogP contribution in [-0.2, 0) is 16.0 Å². The zero-order chi connectivity index (χ0) is 37.3. The lowest BCUT2D eigenvalue weighted by atomic mass is 9.72. The fourth-order valence-electron chi connectivity index (χ4n) is 7.23. The zero-order valence-corrected chi connectivity index (χ0v) is 29.5. The standard InChI is InChI=1S/C40H40F2N6O5/c1-24(20-43)18-30(25(2)47-22-40(23-47)12-16-52-17-13-40)37(49)45-28-8-6-26(7-9-28)39(51)48-15-11-27-19-34(53-36(27)29-10-14-44-21-33(29)48)38(50)46-35-31(41)4-3-5-32(35)42/h3-10,14,18-21,25H,11-13,15-17,22-23,43H2,1-2H3,(H,45,49)(H,46,50)/b24-20-,30-18+. The number of carbonyl (C=O) groups excluding carboxylic acids is 3. The number of amides is 3. The second-order valence-corrected chi connectivity index (χ2v) is 13.9. The van der Waals surface area contributed by atoms with Crippen molar-refractivity contribution in [2.45, 2.75) is 39.2 Å². The first-order valence-corrected chi connectivity index (χ1v) is 17.5. The van der Waals surface area contributed by atoms with Crippen molar-refractivity contribution in [2.24, 2.45) is 11.1 Å². The van der Waals surface area contributed by atoms with E-state index in [-0.39, 0.29) is 35.6 Å². The van der Waals surface area contributed by atoms with Crippen molar-refractivity contribution < 1.29 is 32.3 Å². The van der Waals surface area contributed by atoms with Crippen molar-refractivity contribution in [3.8, 4) is 11.3 Å². The number of hydrogen-bond acceptors (Lipinski definition) is 8. The monoisotopic (exact) mass is 722 g/mol. The Labute approximate surface area is 305 Å². The molecule has 2 aromatic carbocycles. The summed E-state index contributed by atoms with van der Waals surface area (Å²) >= 11 is 0. The van der Waals surface area contributed by atoms with Gasteiger partial charge in [-0.1, -0.05) is 6.07 Å². The van der Waals surface area contributed by atoms with Gasteiger partial charge in [0.1, 0.15) is 23.1 Å². The fourth-order valence-corrected chi connectivity index (χ4v) is 7.23. The predicted molar refractivity (Wildman–Crippen MR) is 196 cm³/mol. The van der Waals surface area contributed by atoms with Crippen LogP contribution in [0.15, 0.2) is 94.8 Å². The van der Waals surface area contributed by atoms with E-state index in [1.807, 2.05) is 19.9 Å². The molecule has 2 fully saturated rings. The van der Waals surface area contributed by atoms with Crippen LogP contribution in [0.4, 0.5) is 25.8 Å². The number of nitrogens with zero attached hydrogens (tertiary/aromatic N) is 3. The summed E-state index contributed by atoms with van der Waals surface area (Å²) in [5.74, 6) is -2.97. The van der Waals surface area contributed by atoms with E-state index in [2.05, 4.69) is 20.5 Å². The molecule has 1 atom stereocenters. The molecule has 4 N–H and O–H groups in total. The summed E-state index contributed by atoms with van der Waals surface area (Å²) in [5.41, 5.74) is 9.38. The lowest BCUT2D eigenvalue weighted by Gasteiger charge is -2.54. The largest absolute Gasteiger partial charge is 0.451 e. The number of nitrogens with two attached hydrogens (primary N) is 1. The quantitative estimate of drug-likeness (QED) is 0.142. The molecule has 0 aliphatic carbocycles. The van der Waals surface area contributed by atoms with Gasteiger partial charge in [-0.3, -0.25) is 24.3 Å². The van der Waals surface area contributed by atoms with E-state index in [1.165, 1.54) is 18.3 Å². The molecule has 2 saturated heterocycles. The number of ether oxygens (including phenoxy) is 1. The molecule has 2 aromatic heterocycles. The third-order valence-corrected chi connectivity index (χ3v) is 10.3. The molecule has 5 heterocycles. The van der Waals surface area contributed by atoms with Crippen molar-refractivity contribution in [2.75, 3.05) is 48.4 Å². The van der Waals surface area contributed by atoms with E-state index >= 15 is 0 Å². The molecule has 1 spiro atoms. The summed E-state index contributed by atoms with van der Waals surface area (Å²) in [4.78, 5) is 48.7. The molecule has 3 aliphatic heterocycles. The van der Waals surface area contributed by atoms with Crippen molar-refractivity contribution in [1.29, 1.82) is 0 Å². The number of anilines is 3. The fraction of sp³-hybridized carbons (Fsp3) is 0.300. The summed E-state index contributed by atoms with van der Waals surface area (Å²) in [7, 11) is 0. The van der Waals surface area contributed by atoms with Crippen molar-refractivity contribution in [1.82, 2.24) is 9.88 Å². The molecule has 0 saturated carbocycles. The van der Waals surface area contributed by atoms with Crippen molar-refractivity contribution in [3.63, 3.8) is 0 Å². The normalized spacial score (nSPS) is 17.6. The molecule has 3 amide bonds. The molecule has 0 radical (unpaired) electrons. The molecule has 7 rings (SSSR count). The van der Waals surface area contributed by atoms with Crippen LogP contribution < -0.4 is 21.3 Å². The van der Waals surface area contributed by atoms with Crippen LogP contribution in [0.3, 0.4) is 0 Å². The minimum Gasteiger partial charge on any atom is -0.451 e. The molecule has 53 heavy (non-hydrogen) atoms. The first-order chi connectivity index (χ1) is 25.6. The van der Waals surface area contributed by atoms with Gasteiger partial charge in [0.2, 0.25) is 0 Å². The Balaban J connectivity index is 1.05. The van der Waals surface area contributed by atoms with Gasteiger partial charge in [-0.05, 0) is 99.5 Å². The van der Waals surface area contributed by atoms with Crippen LogP contribution in [0, 0.1) is 17.0 Å². The number of rotatable bonds is 8. The number of aromatic nitrogens is 1. The van der Waals surface area contributed by atoms with Crippen LogP contribution >= 0.6 is 0 Å². The number of para-hydroxylation sites is 1. The summed E-state index contributed by atoms with van der Waals surface area (Å²) in [5, 5.41) is 5.25. The Bertz CT molecular complexity index is 2090. The van der Waals surface area contributed by atoms with Gasteiger partial charge < -0.3 is 30.4 Å². The number of furan rings is 1. The average Bonchev–Trinajstić information content (AvgIpc) is 3.52. The maximum Gasteiger partial charge on any atom is 0.291 e. The molecule has 3 aliphatic rings. The Morgan fingerprint density at radius 2 is 1.74 bits per heavy atom. The van der Waals surface area contributed by atoms with Gasteiger partial charge in [-0.2, -0.15) is 0 Å². The summed E-state index contributed by atoms with van der Waals surface area (Å²) in [6, 6.07) is 13.0. The number of halogens is 2. The molecule has 4 aromatic rings. The number of hydrogen-bond donors (Lipinski definition) is 3. The molecular formula is C40H40F2N6O5. The Morgan fingerprint density at radius 1 is 1.02 bits per heavy atom. The topological polar surface area (TPSA) is 143 Å². The predicted octanol–water partition coefficient (Wildman–Crippen LogP) is 6.30. The number of fused-ring (bicyclic) bond motifs is 3. The van der Waals surface area contributed by atoms with Crippen LogP contribution in [-0.4, -0.2) is 66.5 Å². The first-order valence-electron chi connectivity index (χ1n) is 17.5. The Morgan fingerprint density at radius 3 is 2.43 bits per heavy atom. The SMILES string of the molecule is CC(=C/N)/C=C(/C(=O)Nc1ccc(C(=O)N2CCc3cc(C(=O)Nc4c(F)cccc4F)oc3-c3ccncc32)cc1)C(C)N1CC2(CCOCC2)C1. The highest BCUT2D eigenvalue weighted by Crippen LogP contribution is 2.42. The van der Waals surface area contributed by atoms with E-state index in [9.17, 15) is 23.2 Å². The number of likely N-dealkylation sites (tertiary alicyclic amines) is 1. The lowest BCUT2D eigenvalue weighted by molar-refractivity contribution is -0.116. The van der Waals surface area contributed by atoms with Gasteiger partial charge in [-0.15, -0.1) is 0 Å². The van der Waals surface area contributed by atoms with E-state index in [0.29, 0.717) is 45.8 Å². The Hall–Kier alpha value is -5.66. The van der Waals surface area contributed by atoms with Gasteiger partial charge in [0, 0.05) is 78.5 Å². The third kappa shape index (κ3) is 7.22. The molecule has 11 nitrogen and oxygen atoms in total. The lowest BCUT2D eigenvalue weighted by Crippen LogP contribution is -2.61. The van der Waals surface area contributed by atoms with Gasteiger partial charge in [-0.25, -0.2) is 8.78 Å². The second kappa shape index (κ2) is 14.8. The van der Waals surface area contributed by atoms with Crippen molar-refractivity contribution >= 4 is 34.8 Å². The molecule has 13 heteroatoms. The maximum absolute atomic E-state index is 14.2. The zero-order valence-electron chi connectivity index (χ0n) is 29.5. The second-order valence-electron chi connectivity index (χ2n) is 13.9. The maximum atomic E-state index is 14.2. The van der Waals surface area contributed by atoms with Crippen LogP contribution in [0.2, 0.25) is 0 Å². The van der Waals surface area contributed by atoms with E-state index in [0.717, 1.165) is 56.9 Å². The minimum absolute atomic E-state index is 0.132. The van der Waals surface area contributed by atoms with Crippen LogP contribution in [0.25, 0.3) is 11.3 Å². The Kier molecular flexibility index (Phi) is 9.95. The number of nitrogens with one attached hydrogen (secondary N) is 2. The van der Waals surface area contributed by atoms with E-state index in [4.69, 9.17) is 14.9 Å². The van der Waals surface area contributed by atoms with E-state index < -0.39 is 23.2 Å². The summed E-state index contributed by atoms with van der Waals surface area (Å²) in [6.45, 7) is 7.49. The number of allylic oxidation sites excluding steroid dienone is 2. The van der Waals surface area contributed by atoms with Crippen LogP contribution in [0.5, 0.6) is 0 Å². The van der Waals surface area contributed by atoms with Gasteiger partial charge in [0.05, 0.1) is 11.9 Å². The molecule has 0 bridgehead atoms. The number of carbonyl (C=O) groups is 3. The molecule has 274 valence electrons. The molecule has 1 unspecified atom stereocenters. The van der Waals surface area contributed by atoms with Gasteiger partial charge in [0.25, 0.3) is 17.7 Å². The van der Waals surface area contributed by atoms with Crippen molar-refractivity contribution in [3.05, 3.63) is 119 Å². The summed E-state index contributed by atoms with van der Waals surface area (Å²) in [6.07, 6.45) is 8.77. The highest BCUT2D eigenvalue weighted by Gasteiger charge is 2.46. The summed E-state index contributed by atoms with van der Waals surface area (Å²) < 4.78 is 39.9.